The molecule has 6 heteroatoms. The van der Waals surface area contributed by atoms with Gasteiger partial charge in [-0.2, -0.15) is 4.31 Å². The molecule has 0 radical (unpaired) electrons. The summed E-state index contributed by atoms with van der Waals surface area (Å²) in [7, 11) is -1.63. The Morgan fingerprint density at radius 2 is 1.84 bits per heavy atom. The molecule has 3 rings (SSSR count). The lowest BCUT2D eigenvalue weighted by Gasteiger charge is -2.34. The van der Waals surface area contributed by atoms with Gasteiger partial charge in [-0.05, 0) is 42.9 Å². The normalized spacial score (nSPS) is 18.3. The van der Waals surface area contributed by atoms with E-state index in [1.54, 1.807) is 17.5 Å². The van der Waals surface area contributed by atoms with Gasteiger partial charge in [-0.1, -0.05) is 37.3 Å². The van der Waals surface area contributed by atoms with Crippen molar-refractivity contribution in [3.63, 3.8) is 0 Å². The van der Waals surface area contributed by atoms with Crippen LogP contribution in [0.25, 0.3) is 0 Å². The van der Waals surface area contributed by atoms with Crippen molar-refractivity contribution in [3.8, 4) is 0 Å². The Hall–Kier alpha value is -1.21. The third-order valence-electron chi connectivity index (χ3n) is 4.89. The second-order valence-electron chi connectivity index (χ2n) is 6.38. The van der Waals surface area contributed by atoms with Gasteiger partial charge in [-0.25, -0.2) is 8.42 Å². The second-order valence-corrected chi connectivity index (χ2v) is 9.72. The largest absolute Gasteiger partial charge is 0.376 e. The first-order valence-corrected chi connectivity index (χ1v) is 11.0. The summed E-state index contributed by atoms with van der Waals surface area (Å²) in [4.78, 5) is 1.11. The van der Waals surface area contributed by atoms with Gasteiger partial charge in [0.1, 0.15) is 4.21 Å². The molecule has 1 aliphatic rings. The maximum absolute atomic E-state index is 12.8. The number of hydrogen-bond donors (Lipinski definition) is 0. The van der Waals surface area contributed by atoms with Crippen molar-refractivity contribution in [2.45, 2.75) is 36.5 Å². The highest BCUT2D eigenvalue weighted by molar-refractivity contribution is 7.91. The number of sulfonamides is 1. The zero-order chi connectivity index (χ0) is 17.9. The maximum atomic E-state index is 12.8. The van der Waals surface area contributed by atoms with Gasteiger partial charge in [0.25, 0.3) is 10.0 Å². The Morgan fingerprint density at radius 3 is 2.40 bits per heavy atom. The lowest BCUT2D eigenvalue weighted by Crippen LogP contribution is -2.39. The molecular formula is C19H25NO3S2. The van der Waals surface area contributed by atoms with Gasteiger partial charge in [-0.15, -0.1) is 11.3 Å². The van der Waals surface area contributed by atoms with E-state index in [1.165, 1.54) is 11.3 Å². The van der Waals surface area contributed by atoms with Crippen LogP contribution in [0.15, 0.2) is 46.7 Å². The highest BCUT2D eigenvalue weighted by Crippen LogP contribution is 2.35. The van der Waals surface area contributed by atoms with Crippen LogP contribution in [0.2, 0.25) is 0 Å². The SMILES string of the molecule is CCc1ccc(S(=O)(=O)N2CCC(C(OC)c3ccccc3)CC2)s1. The Balaban J connectivity index is 1.68. The summed E-state index contributed by atoms with van der Waals surface area (Å²) in [6, 6.07) is 13.8. The zero-order valence-electron chi connectivity index (χ0n) is 14.7. The van der Waals surface area contributed by atoms with Crippen LogP contribution in [0.3, 0.4) is 0 Å². The molecule has 0 spiro atoms. The standard InChI is InChI=1S/C19H25NO3S2/c1-3-17-9-10-18(24-17)25(21,22)20-13-11-16(12-14-20)19(23-2)15-7-5-4-6-8-15/h4-10,16,19H,3,11-14H2,1-2H3. The number of rotatable bonds is 6. The topological polar surface area (TPSA) is 46.6 Å². The third kappa shape index (κ3) is 3.97. The van der Waals surface area contributed by atoms with E-state index in [2.05, 4.69) is 12.1 Å². The summed E-state index contributed by atoms with van der Waals surface area (Å²) in [6.07, 6.45) is 2.53. The summed E-state index contributed by atoms with van der Waals surface area (Å²) >= 11 is 1.39. The predicted octanol–water partition coefficient (Wildman–Crippen LogP) is 4.10. The molecule has 1 aliphatic heterocycles. The summed E-state index contributed by atoms with van der Waals surface area (Å²) in [5, 5.41) is 0. The Labute approximate surface area is 154 Å². The predicted molar refractivity (Wildman–Crippen MR) is 101 cm³/mol. The van der Waals surface area contributed by atoms with Gasteiger partial charge in [-0.3, -0.25) is 0 Å². The van der Waals surface area contributed by atoms with Crippen LogP contribution in [0, 0.1) is 5.92 Å². The molecule has 2 aromatic rings. The molecule has 25 heavy (non-hydrogen) atoms. The minimum atomic E-state index is -3.36. The van der Waals surface area contributed by atoms with Gasteiger partial charge in [0.2, 0.25) is 0 Å². The fraction of sp³-hybridized carbons (Fsp3) is 0.474. The van der Waals surface area contributed by atoms with E-state index < -0.39 is 10.0 Å². The highest BCUT2D eigenvalue weighted by Gasteiger charge is 2.33. The van der Waals surface area contributed by atoms with Crippen molar-refractivity contribution in [2.75, 3.05) is 20.2 Å². The number of thiophene rings is 1. The number of aryl methyl sites for hydroxylation is 1. The van der Waals surface area contributed by atoms with Crippen molar-refractivity contribution < 1.29 is 13.2 Å². The number of methoxy groups -OCH3 is 1. The first kappa shape index (κ1) is 18.6. The highest BCUT2D eigenvalue weighted by atomic mass is 32.2. The van der Waals surface area contributed by atoms with Gasteiger partial charge >= 0.3 is 0 Å². The molecule has 0 N–H and O–H groups in total. The third-order valence-corrected chi connectivity index (χ3v) is 8.48. The smallest absolute Gasteiger partial charge is 0.252 e. The molecular weight excluding hydrogens is 354 g/mol. The first-order valence-electron chi connectivity index (χ1n) is 8.73. The zero-order valence-corrected chi connectivity index (χ0v) is 16.4. The average Bonchev–Trinajstić information content (AvgIpc) is 3.14. The summed E-state index contributed by atoms with van der Waals surface area (Å²) in [5.74, 6) is 0.341. The summed E-state index contributed by atoms with van der Waals surface area (Å²) in [5.41, 5.74) is 1.16. The van der Waals surface area contributed by atoms with E-state index in [0.717, 1.165) is 29.7 Å². The molecule has 1 fully saturated rings. The monoisotopic (exact) mass is 379 g/mol. The Bertz CT molecular complexity index is 778. The number of hydrogen-bond acceptors (Lipinski definition) is 4. The molecule has 0 bridgehead atoms. The van der Waals surface area contributed by atoms with Crippen LogP contribution < -0.4 is 0 Å². The van der Waals surface area contributed by atoms with Crippen molar-refractivity contribution in [3.05, 3.63) is 52.9 Å². The maximum Gasteiger partial charge on any atom is 0.252 e. The van der Waals surface area contributed by atoms with Gasteiger partial charge in [0.05, 0.1) is 6.10 Å². The van der Waals surface area contributed by atoms with Crippen LogP contribution >= 0.6 is 11.3 Å². The molecule has 1 saturated heterocycles. The molecule has 4 nitrogen and oxygen atoms in total. The molecule has 1 unspecified atom stereocenters. The van der Waals surface area contributed by atoms with Crippen molar-refractivity contribution >= 4 is 21.4 Å². The Morgan fingerprint density at radius 1 is 1.16 bits per heavy atom. The van der Waals surface area contributed by atoms with E-state index in [-0.39, 0.29) is 6.10 Å². The quantitative estimate of drug-likeness (QED) is 0.759. The van der Waals surface area contributed by atoms with Gasteiger partial charge < -0.3 is 4.74 Å². The first-order chi connectivity index (χ1) is 12.1. The van der Waals surface area contributed by atoms with Gasteiger partial charge in [0, 0.05) is 25.1 Å². The van der Waals surface area contributed by atoms with Gasteiger partial charge in [0.15, 0.2) is 0 Å². The molecule has 0 aliphatic carbocycles. The minimum absolute atomic E-state index is 0.0273. The molecule has 1 atom stereocenters. The fourth-order valence-corrected chi connectivity index (χ4v) is 6.40. The lowest BCUT2D eigenvalue weighted by molar-refractivity contribution is 0.0304. The lowest BCUT2D eigenvalue weighted by atomic mass is 9.88. The van der Waals surface area contributed by atoms with Crippen LogP contribution in [-0.4, -0.2) is 32.9 Å². The number of nitrogens with zero attached hydrogens (tertiary/aromatic N) is 1. The van der Waals surface area contributed by atoms with Crippen molar-refractivity contribution in [1.29, 1.82) is 0 Å². The fourth-order valence-electron chi connectivity index (χ4n) is 3.48. The van der Waals surface area contributed by atoms with Crippen LogP contribution in [0.1, 0.15) is 36.3 Å². The number of piperidine rings is 1. The van der Waals surface area contributed by atoms with E-state index in [1.807, 2.05) is 31.2 Å². The molecule has 2 heterocycles. The molecule has 0 amide bonds. The average molecular weight is 380 g/mol. The Kier molecular flexibility index (Phi) is 5.94. The minimum Gasteiger partial charge on any atom is -0.376 e. The van der Waals surface area contributed by atoms with E-state index in [9.17, 15) is 8.42 Å². The second kappa shape index (κ2) is 7.99. The molecule has 136 valence electrons. The van der Waals surface area contributed by atoms with E-state index in [0.29, 0.717) is 23.2 Å². The van der Waals surface area contributed by atoms with Crippen LogP contribution in [-0.2, 0) is 21.2 Å². The van der Waals surface area contributed by atoms with Crippen LogP contribution in [0.4, 0.5) is 0 Å². The number of ether oxygens (including phenoxy) is 1. The molecule has 1 aromatic carbocycles. The summed E-state index contributed by atoms with van der Waals surface area (Å²) < 4.78 is 33.5. The molecule has 0 saturated carbocycles. The van der Waals surface area contributed by atoms with E-state index in [4.69, 9.17) is 4.74 Å². The van der Waals surface area contributed by atoms with Crippen molar-refractivity contribution in [2.24, 2.45) is 5.92 Å². The van der Waals surface area contributed by atoms with E-state index >= 15 is 0 Å². The molecule has 1 aromatic heterocycles. The summed E-state index contributed by atoms with van der Waals surface area (Å²) in [6.45, 7) is 3.15. The van der Waals surface area contributed by atoms with Crippen molar-refractivity contribution in [1.82, 2.24) is 4.31 Å². The number of benzene rings is 1. The van der Waals surface area contributed by atoms with Crippen LogP contribution in [0.5, 0.6) is 0 Å².